The third-order valence-electron chi connectivity index (χ3n) is 9.22. The fraction of sp³-hybridized carbons (Fsp3) is 0.474. The topological polar surface area (TPSA) is 34.2 Å². The molecule has 2 aliphatic carbocycles. The van der Waals surface area contributed by atoms with Gasteiger partial charge in [-0.3, -0.25) is 0 Å². The zero-order valence-electron chi connectivity index (χ0n) is 27.0. The molecule has 0 radical (unpaired) electrons. The number of hydrogen-bond acceptors (Lipinski definition) is 5. The zero-order valence-corrected chi connectivity index (χ0v) is 27.8. The molecule has 3 aliphatic rings. The van der Waals surface area contributed by atoms with Crippen LogP contribution < -0.4 is 14.4 Å². The molecule has 0 amide bonds. The van der Waals surface area contributed by atoms with Gasteiger partial charge in [-0.2, -0.15) is 0 Å². The van der Waals surface area contributed by atoms with Gasteiger partial charge in [0, 0.05) is 41.9 Å². The van der Waals surface area contributed by atoms with E-state index < -0.39 is 0 Å². The molecule has 0 bridgehead atoms. The summed E-state index contributed by atoms with van der Waals surface area (Å²) in [5.74, 6) is 3.37. The van der Waals surface area contributed by atoms with Crippen molar-refractivity contribution in [3.8, 4) is 22.6 Å². The predicted molar refractivity (Wildman–Crippen MR) is 181 cm³/mol. The van der Waals surface area contributed by atoms with Crippen LogP contribution in [0.1, 0.15) is 82.8 Å². The van der Waals surface area contributed by atoms with Crippen LogP contribution in [-0.2, 0) is 11.3 Å². The maximum absolute atomic E-state index is 6.47. The monoisotopic (exact) mass is 614 g/mol. The Morgan fingerprint density at radius 1 is 0.886 bits per heavy atom. The van der Waals surface area contributed by atoms with E-state index in [1.165, 1.54) is 65.6 Å². The van der Waals surface area contributed by atoms with Crippen LogP contribution in [0.5, 0.6) is 11.5 Å². The third kappa shape index (κ3) is 6.99. The Bertz CT molecular complexity index is 1470. The molecule has 0 aromatic heterocycles. The van der Waals surface area contributed by atoms with E-state index in [2.05, 4.69) is 79.1 Å². The van der Waals surface area contributed by atoms with Gasteiger partial charge in [0.05, 0.1) is 14.2 Å². The quantitative estimate of drug-likeness (QED) is 0.212. The summed E-state index contributed by atoms with van der Waals surface area (Å²) >= 11 is 6.33. The standard InChI is InChI=1S/C38H47ClN2O3/c1-38(2,3)44-37(28-12-13-28)40-20-18-33(19-21-40)41(32-16-14-31(39)15-17-32)25-26-8-6-11-29(22-26)30-23-34(27-9-7-10-27)36(43-5)35(24-30)42-4/h6,8,11,14-17,22-24,27,33H,7,9-10,12-13,18-21,25H2,1-5H3. The molecule has 0 unspecified atom stereocenters. The number of nitrogens with zero attached hydrogens (tertiary/aromatic N) is 2. The van der Waals surface area contributed by atoms with Crippen molar-refractivity contribution in [3.05, 3.63) is 88.3 Å². The number of rotatable bonds is 10. The summed E-state index contributed by atoms with van der Waals surface area (Å²) in [7, 11) is 3.48. The average Bonchev–Trinajstić information content (AvgIpc) is 3.83. The molecule has 3 aromatic rings. The van der Waals surface area contributed by atoms with Crippen molar-refractivity contribution in [1.82, 2.24) is 4.90 Å². The van der Waals surface area contributed by atoms with Crippen molar-refractivity contribution in [2.75, 3.05) is 32.2 Å². The molecule has 5 nitrogen and oxygen atoms in total. The summed E-state index contributed by atoms with van der Waals surface area (Å²) in [5, 5.41) is 0.765. The second-order valence-electron chi connectivity index (χ2n) is 13.6. The van der Waals surface area contributed by atoms with Crippen LogP contribution >= 0.6 is 11.6 Å². The lowest BCUT2D eigenvalue weighted by atomic mass is 9.78. The smallest absolute Gasteiger partial charge is 0.188 e. The van der Waals surface area contributed by atoms with Gasteiger partial charge >= 0.3 is 0 Å². The number of halogens is 1. The van der Waals surface area contributed by atoms with Crippen LogP contribution in [0, 0.1) is 0 Å². The lowest BCUT2D eigenvalue weighted by Gasteiger charge is -2.42. The fourth-order valence-electron chi connectivity index (χ4n) is 6.60. The highest BCUT2D eigenvalue weighted by atomic mass is 35.5. The lowest BCUT2D eigenvalue weighted by molar-refractivity contribution is -0.00541. The predicted octanol–water partition coefficient (Wildman–Crippen LogP) is 9.58. The number of piperidine rings is 1. The van der Waals surface area contributed by atoms with Crippen LogP contribution in [0.15, 0.2) is 72.1 Å². The molecule has 44 heavy (non-hydrogen) atoms. The van der Waals surface area contributed by atoms with Crippen molar-refractivity contribution >= 4 is 17.3 Å². The van der Waals surface area contributed by atoms with Crippen LogP contribution in [0.2, 0.25) is 5.02 Å². The number of likely N-dealkylation sites (tertiary alicyclic amines) is 1. The van der Waals surface area contributed by atoms with E-state index in [-0.39, 0.29) is 5.60 Å². The van der Waals surface area contributed by atoms with Gasteiger partial charge in [-0.1, -0.05) is 36.2 Å². The molecule has 3 fully saturated rings. The zero-order chi connectivity index (χ0) is 30.8. The minimum absolute atomic E-state index is 0.186. The van der Waals surface area contributed by atoms with Crippen LogP contribution in [0.4, 0.5) is 5.69 Å². The van der Waals surface area contributed by atoms with Crippen LogP contribution in [0.25, 0.3) is 11.1 Å². The Morgan fingerprint density at radius 3 is 2.20 bits per heavy atom. The molecular weight excluding hydrogens is 568 g/mol. The molecule has 1 heterocycles. The first-order chi connectivity index (χ1) is 21.2. The Morgan fingerprint density at radius 2 is 1.61 bits per heavy atom. The van der Waals surface area contributed by atoms with E-state index >= 15 is 0 Å². The molecule has 0 spiro atoms. The molecule has 234 valence electrons. The Balaban J connectivity index is 1.25. The SMILES string of the molecule is COc1cc(-c2cccc(CN(c3ccc(Cl)cc3)C3CCN(C(OC(C)(C)C)=C4CC4)CC3)c2)cc(C2CCC2)c1OC. The molecule has 3 aromatic carbocycles. The highest BCUT2D eigenvalue weighted by Crippen LogP contribution is 2.46. The highest BCUT2D eigenvalue weighted by Gasteiger charge is 2.32. The average molecular weight is 615 g/mol. The number of methoxy groups -OCH3 is 2. The van der Waals surface area contributed by atoms with E-state index in [4.69, 9.17) is 25.8 Å². The molecule has 6 rings (SSSR count). The van der Waals surface area contributed by atoms with Crippen molar-refractivity contribution in [2.45, 2.75) is 89.8 Å². The Hall–Kier alpha value is -3.31. The van der Waals surface area contributed by atoms with E-state index in [1.807, 2.05) is 12.1 Å². The number of allylic oxidation sites excluding steroid dienone is 1. The number of hydrogen-bond donors (Lipinski definition) is 0. The van der Waals surface area contributed by atoms with Gasteiger partial charge in [0.1, 0.15) is 5.60 Å². The third-order valence-corrected chi connectivity index (χ3v) is 9.47. The fourth-order valence-corrected chi connectivity index (χ4v) is 6.73. The largest absolute Gasteiger partial charge is 0.493 e. The van der Waals surface area contributed by atoms with E-state index in [0.29, 0.717) is 12.0 Å². The van der Waals surface area contributed by atoms with Gasteiger partial charge in [0.2, 0.25) is 0 Å². The minimum atomic E-state index is -0.186. The molecule has 6 heteroatoms. The Labute approximate surface area is 268 Å². The molecular formula is C38H47ClN2O3. The van der Waals surface area contributed by atoms with Crippen molar-refractivity contribution in [2.24, 2.45) is 0 Å². The van der Waals surface area contributed by atoms with Crippen molar-refractivity contribution in [1.29, 1.82) is 0 Å². The second-order valence-corrected chi connectivity index (χ2v) is 14.0. The first-order valence-corrected chi connectivity index (χ1v) is 16.6. The summed E-state index contributed by atoms with van der Waals surface area (Å²) < 4.78 is 18.1. The summed E-state index contributed by atoms with van der Waals surface area (Å²) in [5.41, 5.74) is 7.44. The van der Waals surface area contributed by atoms with Gasteiger partial charge in [-0.05, 0) is 130 Å². The van der Waals surface area contributed by atoms with Gasteiger partial charge < -0.3 is 24.0 Å². The van der Waals surface area contributed by atoms with E-state index in [0.717, 1.165) is 54.9 Å². The molecule has 1 aliphatic heterocycles. The first kappa shape index (κ1) is 30.7. The van der Waals surface area contributed by atoms with Gasteiger partial charge in [0.15, 0.2) is 17.4 Å². The summed E-state index contributed by atoms with van der Waals surface area (Å²) in [4.78, 5) is 5.07. The van der Waals surface area contributed by atoms with Crippen molar-refractivity contribution in [3.63, 3.8) is 0 Å². The summed E-state index contributed by atoms with van der Waals surface area (Å²) in [6, 6.07) is 22.2. The second kappa shape index (κ2) is 13.0. The minimum Gasteiger partial charge on any atom is -0.493 e. The number of benzene rings is 3. The molecule has 1 saturated heterocycles. The normalized spacial score (nSPS) is 17.2. The molecule has 2 saturated carbocycles. The first-order valence-electron chi connectivity index (χ1n) is 16.3. The van der Waals surface area contributed by atoms with Crippen LogP contribution in [0.3, 0.4) is 0 Å². The van der Waals surface area contributed by atoms with E-state index in [1.54, 1.807) is 14.2 Å². The highest BCUT2D eigenvalue weighted by molar-refractivity contribution is 6.30. The maximum atomic E-state index is 6.47. The molecule has 0 atom stereocenters. The Kier molecular flexibility index (Phi) is 9.05. The van der Waals surface area contributed by atoms with Crippen LogP contribution in [-0.4, -0.2) is 43.9 Å². The van der Waals surface area contributed by atoms with E-state index in [9.17, 15) is 0 Å². The van der Waals surface area contributed by atoms with Gasteiger partial charge in [-0.15, -0.1) is 0 Å². The summed E-state index contributed by atoms with van der Waals surface area (Å²) in [6.45, 7) is 9.27. The number of anilines is 1. The number of ether oxygens (including phenoxy) is 3. The van der Waals surface area contributed by atoms with Gasteiger partial charge in [0.25, 0.3) is 0 Å². The van der Waals surface area contributed by atoms with Crippen molar-refractivity contribution < 1.29 is 14.2 Å². The molecule has 0 N–H and O–H groups in total. The van der Waals surface area contributed by atoms with Gasteiger partial charge in [-0.25, -0.2) is 0 Å². The summed E-state index contributed by atoms with van der Waals surface area (Å²) in [6.07, 6.45) is 8.18. The maximum Gasteiger partial charge on any atom is 0.188 e. The lowest BCUT2D eigenvalue weighted by Crippen LogP contribution is -2.45.